The largest absolute Gasteiger partial charge is 0.462 e. The Morgan fingerprint density at radius 2 is 2.18 bits per heavy atom. The predicted molar refractivity (Wildman–Crippen MR) is 85.3 cm³/mol. The van der Waals surface area contributed by atoms with E-state index in [-0.39, 0.29) is 5.57 Å². The van der Waals surface area contributed by atoms with E-state index < -0.39 is 5.91 Å². The third-order valence-electron chi connectivity index (χ3n) is 2.93. The van der Waals surface area contributed by atoms with Crippen LogP contribution in [0.5, 0.6) is 0 Å². The summed E-state index contributed by atoms with van der Waals surface area (Å²) in [6.45, 7) is 1.80. The topological polar surface area (TPSA) is 78.9 Å². The molecule has 0 saturated heterocycles. The highest BCUT2D eigenvalue weighted by atomic mass is 32.1. The van der Waals surface area contributed by atoms with E-state index in [1.54, 1.807) is 19.1 Å². The molecule has 1 amide bonds. The average molecular weight is 309 g/mol. The summed E-state index contributed by atoms with van der Waals surface area (Å²) in [6, 6.07) is 12.9. The summed E-state index contributed by atoms with van der Waals surface area (Å²) in [5.41, 5.74) is 0.778. The van der Waals surface area contributed by atoms with Gasteiger partial charge < -0.3 is 4.42 Å². The van der Waals surface area contributed by atoms with Crippen molar-refractivity contribution < 1.29 is 9.21 Å². The molecule has 0 fully saturated rings. The van der Waals surface area contributed by atoms with Gasteiger partial charge in [0.15, 0.2) is 5.13 Å². The van der Waals surface area contributed by atoms with Crippen LogP contribution >= 0.6 is 11.3 Å². The van der Waals surface area contributed by atoms with E-state index in [4.69, 9.17) is 9.68 Å². The van der Waals surface area contributed by atoms with Crippen molar-refractivity contribution in [3.05, 3.63) is 53.5 Å². The molecule has 2 aromatic heterocycles. The Morgan fingerprint density at radius 1 is 1.36 bits per heavy atom. The van der Waals surface area contributed by atoms with Crippen LogP contribution in [-0.2, 0) is 4.79 Å². The number of anilines is 1. The van der Waals surface area contributed by atoms with E-state index in [2.05, 4.69) is 10.3 Å². The molecule has 6 heteroatoms. The van der Waals surface area contributed by atoms with Crippen molar-refractivity contribution in [3.8, 4) is 6.07 Å². The lowest BCUT2D eigenvalue weighted by molar-refractivity contribution is -0.112. The number of aromatic nitrogens is 1. The lowest BCUT2D eigenvalue weighted by Crippen LogP contribution is -2.13. The second kappa shape index (κ2) is 5.84. The van der Waals surface area contributed by atoms with Crippen molar-refractivity contribution >= 4 is 38.7 Å². The number of benzene rings is 1. The molecule has 22 heavy (non-hydrogen) atoms. The van der Waals surface area contributed by atoms with Gasteiger partial charge in [-0.15, -0.1) is 0 Å². The highest BCUT2D eigenvalue weighted by Crippen LogP contribution is 2.25. The number of para-hydroxylation sites is 1. The molecular weight excluding hydrogens is 298 g/mol. The zero-order chi connectivity index (χ0) is 15.5. The molecule has 0 spiro atoms. The van der Waals surface area contributed by atoms with Gasteiger partial charge in [0.25, 0.3) is 5.91 Å². The molecule has 1 aromatic carbocycles. The van der Waals surface area contributed by atoms with E-state index in [1.165, 1.54) is 17.4 Å². The molecule has 0 bridgehead atoms. The van der Waals surface area contributed by atoms with Crippen molar-refractivity contribution in [2.45, 2.75) is 6.92 Å². The highest BCUT2D eigenvalue weighted by Gasteiger charge is 2.13. The molecule has 3 aromatic rings. The number of hydrogen-bond donors (Lipinski definition) is 1. The molecule has 2 heterocycles. The summed E-state index contributed by atoms with van der Waals surface area (Å²) in [5, 5.41) is 12.3. The van der Waals surface area contributed by atoms with Gasteiger partial charge in [-0.2, -0.15) is 5.26 Å². The third-order valence-corrected chi connectivity index (χ3v) is 3.88. The number of rotatable bonds is 3. The maximum atomic E-state index is 12.2. The number of amides is 1. The number of nitriles is 1. The molecule has 3 rings (SSSR count). The molecule has 108 valence electrons. The van der Waals surface area contributed by atoms with Crippen molar-refractivity contribution in [2.24, 2.45) is 0 Å². The summed E-state index contributed by atoms with van der Waals surface area (Å²) in [5.74, 6) is 0.680. The molecule has 1 N–H and O–H groups in total. The van der Waals surface area contributed by atoms with Crippen molar-refractivity contribution in [3.63, 3.8) is 0 Å². The average Bonchev–Trinajstić information content (AvgIpc) is 3.09. The fraction of sp³-hybridized carbons (Fsp3) is 0.0625. The van der Waals surface area contributed by atoms with Gasteiger partial charge in [-0.05, 0) is 31.2 Å². The van der Waals surface area contributed by atoms with Crippen molar-refractivity contribution in [1.29, 1.82) is 5.26 Å². The van der Waals surface area contributed by atoms with E-state index in [9.17, 15) is 4.79 Å². The zero-order valence-corrected chi connectivity index (χ0v) is 12.5. The first-order valence-electron chi connectivity index (χ1n) is 6.51. The second-order valence-electron chi connectivity index (χ2n) is 4.56. The van der Waals surface area contributed by atoms with Crippen LogP contribution in [0.2, 0.25) is 0 Å². The van der Waals surface area contributed by atoms with Crippen LogP contribution in [0.3, 0.4) is 0 Å². The molecule has 0 saturated carbocycles. The first-order valence-corrected chi connectivity index (χ1v) is 7.32. The number of fused-ring (bicyclic) bond motifs is 1. The third kappa shape index (κ3) is 2.90. The molecule has 0 aliphatic carbocycles. The van der Waals surface area contributed by atoms with E-state index in [1.807, 2.05) is 30.3 Å². The Balaban J connectivity index is 1.83. The summed E-state index contributed by atoms with van der Waals surface area (Å²) in [6.07, 6.45) is 1.41. The lowest BCUT2D eigenvalue weighted by Gasteiger charge is -1.98. The van der Waals surface area contributed by atoms with Crippen LogP contribution in [0.25, 0.3) is 16.3 Å². The van der Waals surface area contributed by atoms with Crippen LogP contribution in [0.1, 0.15) is 11.5 Å². The lowest BCUT2D eigenvalue weighted by atomic mass is 10.2. The maximum absolute atomic E-state index is 12.2. The Hall–Kier alpha value is -2.91. The second-order valence-corrected chi connectivity index (χ2v) is 5.59. The van der Waals surface area contributed by atoms with Crippen molar-refractivity contribution in [2.75, 3.05) is 5.32 Å². The summed E-state index contributed by atoms with van der Waals surface area (Å²) < 4.78 is 6.32. The molecule has 0 atom stereocenters. The van der Waals surface area contributed by atoms with Crippen LogP contribution in [0.4, 0.5) is 5.13 Å². The first-order chi connectivity index (χ1) is 10.7. The summed E-state index contributed by atoms with van der Waals surface area (Å²) in [4.78, 5) is 16.5. The minimum absolute atomic E-state index is 0.0337. The van der Waals surface area contributed by atoms with Gasteiger partial charge >= 0.3 is 0 Å². The molecule has 0 unspecified atom stereocenters. The number of nitrogens with one attached hydrogen (secondary N) is 1. The van der Waals surface area contributed by atoms with E-state index in [0.717, 1.165) is 16.0 Å². The Labute approximate surface area is 130 Å². The van der Waals surface area contributed by atoms with Gasteiger partial charge in [0.2, 0.25) is 0 Å². The molecule has 0 aliphatic heterocycles. The number of hydrogen-bond acceptors (Lipinski definition) is 5. The van der Waals surface area contributed by atoms with E-state index in [0.29, 0.717) is 10.9 Å². The Bertz CT molecular complexity index is 882. The van der Waals surface area contributed by atoms with Crippen LogP contribution < -0.4 is 5.32 Å². The minimum atomic E-state index is -0.504. The number of aryl methyl sites for hydroxylation is 1. The van der Waals surface area contributed by atoms with Crippen LogP contribution in [0.15, 0.2) is 46.4 Å². The minimum Gasteiger partial charge on any atom is -0.462 e. The molecule has 0 radical (unpaired) electrons. The normalized spacial score (nSPS) is 11.4. The monoisotopic (exact) mass is 309 g/mol. The molecule has 0 aliphatic rings. The summed E-state index contributed by atoms with van der Waals surface area (Å²) in [7, 11) is 0. The van der Waals surface area contributed by atoms with Gasteiger partial charge in [-0.25, -0.2) is 4.98 Å². The van der Waals surface area contributed by atoms with E-state index >= 15 is 0 Å². The van der Waals surface area contributed by atoms with Crippen LogP contribution in [-0.4, -0.2) is 10.9 Å². The Kier molecular flexibility index (Phi) is 3.73. The standard InChI is InChI=1S/C16H11N3O2S/c1-10-6-7-12(21-10)8-11(9-17)15(20)19-16-18-13-4-2-3-5-14(13)22-16/h2-8H,1H3,(H,18,19,20). The molecular formula is C16H11N3O2S. The summed E-state index contributed by atoms with van der Waals surface area (Å²) >= 11 is 1.36. The number of thiazole rings is 1. The quantitative estimate of drug-likeness (QED) is 0.590. The zero-order valence-electron chi connectivity index (χ0n) is 11.7. The molecule has 5 nitrogen and oxygen atoms in total. The SMILES string of the molecule is Cc1ccc(C=C(C#N)C(=O)Nc2nc3ccccc3s2)o1. The van der Waals surface area contributed by atoms with Gasteiger partial charge in [-0.1, -0.05) is 23.5 Å². The number of carbonyl (C=O) groups excluding carboxylic acids is 1. The van der Waals surface area contributed by atoms with Crippen molar-refractivity contribution in [1.82, 2.24) is 4.98 Å². The fourth-order valence-corrected chi connectivity index (χ4v) is 2.77. The smallest absolute Gasteiger partial charge is 0.268 e. The van der Waals surface area contributed by atoms with Gasteiger partial charge in [0, 0.05) is 6.08 Å². The van der Waals surface area contributed by atoms with Gasteiger partial charge in [0.1, 0.15) is 23.2 Å². The van der Waals surface area contributed by atoms with Crippen LogP contribution in [0, 0.1) is 18.3 Å². The van der Waals surface area contributed by atoms with Gasteiger partial charge in [-0.3, -0.25) is 10.1 Å². The van der Waals surface area contributed by atoms with Gasteiger partial charge in [0.05, 0.1) is 10.2 Å². The predicted octanol–water partition coefficient (Wildman–Crippen LogP) is 3.74. The number of carbonyl (C=O) groups is 1. The highest BCUT2D eigenvalue weighted by molar-refractivity contribution is 7.22. The first kappa shape index (κ1) is 14.0. The Morgan fingerprint density at radius 3 is 2.86 bits per heavy atom. The maximum Gasteiger partial charge on any atom is 0.268 e. The fourth-order valence-electron chi connectivity index (χ4n) is 1.91. The number of nitrogens with zero attached hydrogens (tertiary/aromatic N) is 2. The number of furan rings is 1.